The Morgan fingerprint density at radius 1 is 0.929 bits per heavy atom. The van der Waals surface area contributed by atoms with Crippen LogP contribution in [0.1, 0.15) is 5.56 Å². The van der Waals surface area contributed by atoms with Gasteiger partial charge in [-0.2, -0.15) is 0 Å². The highest BCUT2D eigenvalue weighted by atomic mass is 19.1. The summed E-state index contributed by atoms with van der Waals surface area (Å²) in [5.74, 6) is -0.218. The summed E-state index contributed by atoms with van der Waals surface area (Å²) in [4.78, 5) is 17.7. The fraction of sp³-hybridized carbons (Fsp3) is 0.0909. The lowest BCUT2D eigenvalue weighted by Crippen LogP contribution is -2.24. The van der Waals surface area contributed by atoms with E-state index in [0.717, 1.165) is 5.56 Å². The molecule has 0 saturated carbocycles. The summed E-state index contributed by atoms with van der Waals surface area (Å²) in [6.07, 6.45) is 0.388. The van der Waals surface area contributed by atoms with E-state index < -0.39 is 5.56 Å². The molecule has 3 aromatic carbocycles. The van der Waals surface area contributed by atoms with Gasteiger partial charge in [-0.05, 0) is 48.4 Å². The molecule has 0 radical (unpaired) electrons. The van der Waals surface area contributed by atoms with E-state index in [1.807, 2.05) is 0 Å². The van der Waals surface area contributed by atoms with Gasteiger partial charge in [0.2, 0.25) is 0 Å². The van der Waals surface area contributed by atoms with Crippen LogP contribution in [0.4, 0.5) is 4.39 Å². The number of phenols is 2. The van der Waals surface area contributed by atoms with E-state index in [-0.39, 0.29) is 35.1 Å². The summed E-state index contributed by atoms with van der Waals surface area (Å²) in [5.41, 5.74) is 1.06. The number of nitrogens with zero attached hydrogens (tertiary/aromatic N) is 2. The minimum Gasteiger partial charge on any atom is -0.507 e. The minimum atomic E-state index is -0.419. The van der Waals surface area contributed by atoms with Gasteiger partial charge in [0, 0.05) is 6.54 Å². The Kier molecular flexibility index (Phi) is 4.53. The molecule has 28 heavy (non-hydrogen) atoms. The van der Waals surface area contributed by atoms with Crippen molar-refractivity contribution in [1.29, 1.82) is 0 Å². The number of fused-ring (bicyclic) bond motifs is 1. The standard InChI is InChI=1S/C22H17FN2O3/c23-15-6-3-5-14(13-15)11-12-25-21(16-7-1-2-9-18(16)26)24-17-8-4-10-19(27)20(17)22(25)28/h1-10,13,26-27H,11-12H2. The Bertz CT molecular complexity index is 1230. The van der Waals surface area contributed by atoms with Crippen molar-refractivity contribution in [2.75, 3.05) is 0 Å². The number of benzene rings is 3. The Morgan fingerprint density at radius 2 is 1.68 bits per heavy atom. The molecule has 0 spiro atoms. The van der Waals surface area contributed by atoms with Crippen LogP contribution in [0.3, 0.4) is 0 Å². The van der Waals surface area contributed by atoms with Crippen LogP contribution in [0.5, 0.6) is 11.5 Å². The number of rotatable bonds is 4. The molecule has 4 aromatic rings. The first kappa shape index (κ1) is 17.7. The van der Waals surface area contributed by atoms with Crippen molar-refractivity contribution in [1.82, 2.24) is 9.55 Å². The lowest BCUT2D eigenvalue weighted by molar-refractivity contribution is 0.476. The predicted octanol–water partition coefficient (Wildman–Crippen LogP) is 3.86. The maximum atomic E-state index is 13.5. The molecular weight excluding hydrogens is 359 g/mol. The molecule has 5 nitrogen and oxygen atoms in total. The SMILES string of the molecule is O=c1c2c(O)cccc2nc(-c2ccccc2O)n1CCc1cccc(F)c1. The average molecular weight is 376 g/mol. The molecule has 0 amide bonds. The summed E-state index contributed by atoms with van der Waals surface area (Å²) in [7, 11) is 0. The third-order valence-corrected chi connectivity index (χ3v) is 4.62. The molecule has 0 aliphatic heterocycles. The van der Waals surface area contributed by atoms with E-state index in [4.69, 9.17) is 0 Å². The van der Waals surface area contributed by atoms with E-state index in [2.05, 4.69) is 4.98 Å². The normalized spacial score (nSPS) is 11.0. The van der Waals surface area contributed by atoms with Gasteiger partial charge in [0.15, 0.2) is 0 Å². The van der Waals surface area contributed by atoms with Gasteiger partial charge in [0.25, 0.3) is 5.56 Å². The average Bonchev–Trinajstić information content (AvgIpc) is 2.67. The highest BCUT2D eigenvalue weighted by molar-refractivity contribution is 5.85. The Labute approximate surface area is 160 Å². The van der Waals surface area contributed by atoms with Gasteiger partial charge in [-0.1, -0.05) is 30.3 Å². The van der Waals surface area contributed by atoms with Crippen molar-refractivity contribution in [3.8, 4) is 22.9 Å². The van der Waals surface area contributed by atoms with Crippen LogP contribution in [0.15, 0.2) is 71.5 Å². The van der Waals surface area contributed by atoms with Gasteiger partial charge in [0.05, 0.1) is 11.1 Å². The molecule has 0 saturated heterocycles. The van der Waals surface area contributed by atoms with Gasteiger partial charge in [-0.25, -0.2) is 9.37 Å². The van der Waals surface area contributed by atoms with Crippen molar-refractivity contribution in [2.24, 2.45) is 0 Å². The third kappa shape index (κ3) is 3.20. The van der Waals surface area contributed by atoms with Crippen LogP contribution in [0.2, 0.25) is 0 Å². The largest absolute Gasteiger partial charge is 0.507 e. The van der Waals surface area contributed by atoms with Gasteiger partial charge in [0.1, 0.15) is 28.5 Å². The van der Waals surface area contributed by atoms with Crippen molar-refractivity contribution in [3.63, 3.8) is 0 Å². The Hall–Kier alpha value is -3.67. The number of phenolic OH excluding ortho intramolecular Hbond substituents is 2. The first-order valence-electron chi connectivity index (χ1n) is 8.80. The molecule has 1 aromatic heterocycles. The molecule has 4 rings (SSSR count). The summed E-state index contributed by atoms with van der Waals surface area (Å²) in [6.45, 7) is 0.212. The molecule has 0 fully saturated rings. The quantitative estimate of drug-likeness (QED) is 0.567. The fourth-order valence-corrected chi connectivity index (χ4v) is 3.26. The summed E-state index contributed by atoms with van der Waals surface area (Å²) in [5, 5.41) is 20.5. The zero-order valence-electron chi connectivity index (χ0n) is 14.8. The van der Waals surface area contributed by atoms with Crippen molar-refractivity contribution >= 4 is 10.9 Å². The van der Waals surface area contributed by atoms with Crippen LogP contribution in [-0.2, 0) is 13.0 Å². The zero-order valence-corrected chi connectivity index (χ0v) is 14.8. The van der Waals surface area contributed by atoms with Gasteiger partial charge in [-0.3, -0.25) is 9.36 Å². The maximum Gasteiger partial charge on any atom is 0.265 e. The van der Waals surface area contributed by atoms with Crippen molar-refractivity contribution in [2.45, 2.75) is 13.0 Å². The Balaban J connectivity index is 1.90. The summed E-state index contributed by atoms with van der Waals surface area (Å²) in [6, 6.07) is 17.5. The van der Waals surface area contributed by atoms with Crippen LogP contribution in [0, 0.1) is 5.82 Å². The summed E-state index contributed by atoms with van der Waals surface area (Å²) >= 11 is 0. The minimum absolute atomic E-state index is 0.00610. The van der Waals surface area contributed by atoms with E-state index in [1.165, 1.54) is 28.8 Å². The highest BCUT2D eigenvalue weighted by Crippen LogP contribution is 2.29. The van der Waals surface area contributed by atoms with Crippen LogP contribution >= 0.6 is 0 Å². The smallest absolute Gasteiger partial charge is 0.265 e. The second kappa shape index (κ2) is 7.15. The van der Waals surface area contributed by atoms with Crippen LogP contribution < -0.4 is 5.56 Å². The van der Waals surface area contributed by atoms with Crippen LogP contribution in [-0.4, -0.2) is 19.8 Å². The Morgan fingerprint density at radius 3 is 2.46 bits per heavy atom. The summed E-state index contributed by atoms with van der Waals surface area (Å²) < 4.78 is 14.9. The van der Waals surface area contributed by atoms with Gasteiger partial charge < -0.3 is 10.2 Å². The molecule has 0 aliphatic rings. The first-order valence-corrected chi connectivity index (χ1v) is 8.80. The zero-order chi connectivity index (χ0) is 19.7. The monoisotopic (exact) mass is 376 g/mol. The van der Waals surface area contributed by atoms with E-state index >= 15 is 0 Å². The van der Waals surface area contributed by atoms with Crippen molar-refractivity contribution in [3.05, 3.63) is 88.5 Å². The molecule has 140 valence electrons. The molecule has 1 heterocycles. The molecule has 0 atom stereocenters. The van der Waals surface area contributed by atoms with E-state index in [9.17, 15) is 19.4 Å². The lowest BCUT2D eigenvalue weighted by atomic mass is 10.1. The maximum absolute atomic E-state index is 13.5. The van der Waals surface area contributed by atoms with Crippen LogP contribution in [0.25, 0.3) is 22.3 Å². The number of para-hydroxylation sites is 1. The first-order chi connectivity index (χ1) is 13.5. The second-order valence-corrected chi connectivity index (χ2v) is 6.46. The number of aromatic hydroxyl groups is 2. The molecular formula is C22H17FN2O3. The topological polar surface area (TPSA) is 75.3 Å². The number of aryl methyl sites for hydroxylation is 1. The number of halogens is 1. The second-order valence-electron chi connectivity index (χ2n) is 6.46. The van der Waals surface area contributed by atoms with E-state index in [1.54, 1.807) is 42.5 Å². The fourth-order valence-electron chi connectivity index (χ4n) is 3.26. The van der Waals surface area contributed by atoms with Crippen molar-refractivity contribution < 1.29 is 14.6 Å². The highest BCUT2D eigenvalue weighted by Gasteiger charge is 2.17. The molecule has 0 aliphatic carbocycles. The van der Waals surface area contributed by atoms with E-state index in [0.29, 0.717) is 17.5 Å². The third-order valence-electron chi connectivity index (χ3n) is 4.62. The molecule has 2 N–H and O–H groups in total. The number of aromatic nitrogens is 2. The molecule has 0 bridgehead atoms. The number of hydrogen-bond acceptors (Lipinski definition) is 4. The molecule has 0 unspecified atom stereocenters. The lowest BCUT2D eigenvalue weighted by Gasteiger charge is -2.15. The van der Waals surface area contributed by atoms with Gasteiger partial charge in [-0.15, -0.1) is 0 Å². The predicted molar refractivity (Wildman–Crippen MR) is 105 cm³/mol. The number of hydrogen-bond donors (Lipinski definition) is 2. The molecule has 6 heteroatoms. The van der Waals surface area contributed by atoms with Gasteiger partial charge >= 0.3 is 0 Å².